The molecule has 0 heterocycles. The minimum Gasteiger partial charge on any atom is -0.391 e. The van der Waals surface area contributed by atoms with Crippen LogP contribution in [-0.4, -0.2) is 28.5 Å². The Balaban J connectivity index is 3.36. The second kappa shape index (κ2) is 4.57. The van der Waals surface area contributed by atoms with Crippen molar-refractivity contribution >= 4 is 34.8 Å². The fourth-order valence-electron chi connectivity index (χ4n) is 0.238. The van der Waals surface area contributed by atoms with E-state index in [-0.39, 0.29) is 6.61 Å². The first-order valence-electron chi connectivity index (χ1n) is 2.39. The molecule has 0 fully saturated rings. The van der Waals surface area contributed by atoms with Gasteiger partial charge in [-0.05, 0) is 0 Å². The molecule has 0 amide bonds. The van der Waals surface area contributed by atoms with Crippen molar-refractivity contribution in [2.75, 3.05) is 13.2 Å². The van der Waals surface area contributed by atoms with E-state index in [4.69, 9.17) is 39.9 Å². The van der Waals surface area contributed by atoms with Gasteiger partial charge < -0.3 is 9.84 Å². The number of aliphatic hydroxyl groups is 1. The van der Waals surface area contributed by atoms with Gasteiger partial charge in [0.25, 0.3) is 0 Å². The van der Waals surface area contributed by atoms with Crippen molar-refractivity contribution in [1.29, 1.82) is 0 Å². The first-order chi connectivity index (χ1) is 4.45. The van der Waals surface area contributed by atoms with E-state index in [9.17, 15) is 4.39 Å². The molecule has 1 N–H and O–H groups in total. The molecule has 2 nitrogen and oxygen atoms in total. The Bertz CT molecular complexity index is 95.0. The second-order valence-electron chi connectivity index (χ2n) is 1.52. The van der Waals surface area contributed by atoms with Gasteiger partial charge in [-0.2, -0.15) is 0 Å². The zero-order valence-electron chi connectivity index (χ0n) is 4.86. The smallest absolute Gasteiger partial charge is 0.222 e. The summed E-state index contributed by atoms with van der Waals surface area (Å²) in [5.74, 6) is 0. The summed E-state index contributed by atoms with van der Waals surface area (Å²) >= 11 is 15.6. The van der Waals surface area contributed by atoms with Crippen molar-refractivity contribution in [3.8, 4) is 0 Å². The summed E-state index contributed by atoms with van der Waals surface area (Å²) in [6.07, 6.45) is -1.78. The van der Waals surface area contributed by atoms with Crippen LogP contribution in [0.1, 0.15) is 0 Å². The van der Waals surface area contributed by atoms with Gasteiger partial charge in [0.1, 0.15) is 0 Å². The molecule has 0 aliphatic carbocycles. The van der Waals surface area contributed by atoms with Gasteiger partial charge in [0.15, 0.2) is 0 Å². The van der Waals surface area contributed by atoms with Crippen LogP contribution in [0.4, 0.5) is 4.39 Å². The third-order valence-corrected chi connectivity index (χ3v) is 0.899. The molecule has 1 unspecified atom stereocenters. The molecule has 62 valence electrons. The molecule has 0 aliphatic rings. The largest absolute Gasteiger partial charge is 0.391 e. The van der Waals surface area contributed by atoms with Gasteiger partial charge in [-0.1, -0.05) is 34.8 Å². The molecule has 0 aromatic heterocycles. The van der Waals surface area contributed by atoms with Crippen LogP contribution in [0, 0.1) is 0 Å². The summed E-state index contributed by atoms with van der Waals surface area (Å²) in [4.78, 5) is 0. The zero-order chi connectivity index (χ0) is 8.20. The Kier molecular flexibility index (Phi) is 4.90. The number of hydrogen-bond acceptors (Lipinski definition) is 2. The maximum Gasteiger partial charge on any atom is 0.222 e. The van der Waals surface area contributed by atoms with E-state index in [1.54, 1.807) is 0 Å². The van der Waals surface area contributed by atoms with Crippen LogP contribution in [0.5, 0.6) is 0 Å². The summed E-state index contributed by atoms with van der Waals surface area (Å²) in [6, 6.07) is 0. The van der Waals surface area contributed by atoms with Gasteiger partial charge in [-0.3, -0.25) is 0 Å². The molecular weight excluding hydrogens is 205 g/mol. The lowest BCUT2D eigenvalue weighted by molar-refractivity contribution is -0.0677. The van der Waals surface area contributed by atoms with Gasteiger partial charge >= 0.3 is 0 Å². The van der Waals surface area contributed by atoms with E-state index in [0.29, 0.717) is 0 Å². The summed E-state index contributed by atoms with van der Waals surface area (Å²) in [6.45, 7) is -1.11. The van der Waals surface area contributed by atoms with Gasteiger partial charge in [0.05, 0.1) is 13.2 Å². The van der Waals surface area contributed by atoms with Gasteiger partial charge in [-0.15, -0.1) is 0 Å². The van der Waals surface area contributed by atoms with Crippen LogP contribution in [-0.2, 0) is 4.74 Å². The van der Waals surface area contributed by atoms with E-state index in [2.05, 4.69) is 4.74 Å². The average Bonchev–Trinajstić information content (AvgIpc) is 1.81. The van der Waals surface area contributed by atoms with E-state index >= 15 is 0 Å². The molecule has 0 saturated heterocycles. The van der Waals surface area contributed by atoms with Gasteiger partial charge in [0.2, 0.25) is 10.2 Å². The van der Waals surface area contributed by atoms with E-state index in [1.807, 2.05) is 0 Å². The highest BCUT2D eigenvalue weighted by Crippen LogP contribution is 2.26. The Morgan fingerprint density at radius 1 is 1.50 bits per heavy atom. The van der Waals surface area contributed by atoms with Crippen LogP contribution in [0.2, 0.25) is 0 Å². The number of rotatable bonds is 3. The molecule has 0 saturated carbocycles. The Morgan fingerprint density at radius 3 is 2.30 bits per heavy atom. The summed E-state index contributed by atoms with van der Waals surface area (Å²) < 4.78 is 14.6. The highest BCUT2D eigenvalue weighted by molar-refractivity contribution is 6.67. The van der Waals surface area contributed by atoms with Gasteiger partial charge in [-0.25, -0.2) is 4.39 Å². The third kappa shape index (κ3) is 6.83. The van der Waals surface area contributed by atoms with Crippen molar-refractivity contribution < 1.29 is 14.2 Å². The molecule has 0 radical (unpaired) electrons. The molecular formula is C4H6Cl3FO2. The van der Waals surface area contributed by atoms with E-state index < -0.39 is 16.8 Å². The fraction of sp³-hybridized carbons (Fsp3) is 1.00. The predicted octanol–water partition coefficient (Wildman–Crippen LogP) is 1.66. The minimum absolute atomic E-state index is 0.376. The summed E-state index contributed by atoms with van der Waals surface area (Å²) in [5.41, 5.74) is 0. The van der Waals surface area contributed by atoms with Crippen molar-refractivity contribution in [3.05, 3.63) is 0 Å². The normalized spacial score (nSPS) is 15.3. The van der Waals surface area contributed by atoms with E-state index in [0.717, 1.165) is 0 Å². The number of alkyl halides is 4. The number of halogens is 4. The van der Waals surface area contributed by atoms with Crippen LogP contribution >= 0.6 is 34.8 Å². The third-order valence-electron chi connectivity index (χ3n) is 0.571. The monoisotopic (exact) mass is 210 g/mol. The van der Waals surface area contributed by atoms with Crippen LogP contribution in [0.3, 0.4) is 0 Å². The molecule has 0 aliphatic heterocycles. The molecule has 0 aromatic carbocycles. The zero-order valence-corrected chi connectivity index (χ0v) is 7.13. The number of hydrogen-bond donors (Lipinski definition) is 1. The van der Waals surface area contributed by atoms with Gasteiger partial charge in [0, 0.05) is 0 Å². The topological polar surface area (TPSA) is 29.5 Å². The van der Waals surface area contributed by atoms with Crippen molar-refractivity contribution in [2.24, 2.45) is 0 Å². The van der Waals surface area contributed by atoms with Crippen molar-refractivity contribution in [3.63, 3.8) is 0 Å². The van der Waals surface area contributed by atoms with E-state index in [1.165, 1.54) is 0 Å². The average molecular weight is 211 g/mol. The second-order valence-corrected chi connectivity index (χ2v) is 4.03. The molecule has 0 rings (SSSR count). The summed E-state index contributed by atoms with van der Waals surface area (Å²) in [5, 5.41) is 8.10. The standard InChI is InChI=1S/C4H6Cl3FO2/c5-4(6,7)2-10-3(8)1-9/h3,9H,1-2H2. The highest BCUT2D eigenvalue weighted by atomic mass is 35.6. The molecule has 0 bridgehead atoms. The molecule has 1 atom stereocenters. The lowest BCUT2D eigenvalue weighted by Crippen LogP contribution is -2.20. The lowest BCUT2D eigenvalue weighted by atomic mass is 10.7. The van der Waals surface area contributed by atoms with Crippen LogP contribution in [0.25, 0.3) is 0 Å². The quantitative estimate of drug-likeness (QED) is 0.720. The minimum atomic E-state index is -1.78. The fourth-order valence-corrected chi connectivity index (χ4v) is 0.427. The SMILES string of the molecule is OCC(F)OCC(Cl)(Cl)Cl. The number of aliphatic hydroxyl groups excluding tert-OH is 1. The molecule has 6 heteroatoms. The Labute approximate surface area is 72.8 Å². The van der Waals surface area contributed by atoms with Crippen LogP contribution < -0.4 is 0 Å². The molecule has 0 spiro atoms. The first kappa shape index (κ1) is 10.7. The maximum absolute atomic E-state index is 12.0. The first-order valence-corrected chi connectivity index (χ1v) is 3.52. The highest BCUT2D eigenvalue weighted by Gasteiger charge is 2.21. The molecule has 10 heavy (non-hydrogen) atoms. The molecule has 0 aromatic rings. The Hall–Kier alpha value is 0.720. The Morgan fingerprint density at radius 2 is 2.00 bits per heavy atom. The van der Waals surface area contributed by atoms with Crippen molar-refractivity contribution in [2.45, 2.75) is 10.2 Å². The summed E-state index contributed by atoms with van der Waals surface area (Å²) in [7, 11) is 0. The number of ether oxygens (including phenoxy) is 1. The van der Waals surface area contributed by atoms with Crippen LogP contribution in [0.15, 0.2) is 0 Å². The predicted molar refractivity (Wildman–Crippen MR) is 38.2 cm³/mol. The maximum atomic E-state index is 12.0. The van der Waals surface area contributed by atoms with Crippen molar-refractivity contribution in [1.82, 2.24) is 0 Å². The lowest BCUT2D eigenvalue weighted by Gasteiger charge is -2.12.